The van der Waals surface area contributed by atoms with Crippen molar-refractivity contribution in [2.75, 3.05) is 9.80 Å². The van der Waals surface area contributed by atoms with Crippen LogP contribution in [0.5, 0.6) is 0 Å². The number of para-hydroxylation sites is 2. The Kier molecular flexibility index (Phi) is 7.96. The molecule has 2 aliphatic rings. The molecule has 10 aromatic carbocycles. The monoisotopic (exact) mass is 794 g/mol. The van der Waals surface area contributed by atoms with Crippen molar-refractivity contribution >= 4 is 66.4 Å². The first-order valence-electron chi connectivity index (χ1n) is 21.8. The Morgan fingerprint density at radius 1 is 0.290 bits per heavy atom. The number of hydrogen-bond donors (Lipinski definition) is 0. The Hall–Kier alpha value is -7.42. The first-order valence-corrected chi connectivity index (χ1v) is 21.8. The molecule has 0 bridgehead atoms. The van der Waals surface area contributed by atoms with Crippen LogP contribution in [0.15, 0.2) is 206 Å². The minimum atomic E-state index is -0.148. The van der Waals surface area contributed by atoms with Crippen LogP contribution in [0.4, 0.5) is 34.1 Å². The van der Waals surface area contributed by atoms with Crippen LogP contribution >= 0.6 is 0 Å². The molecule has 0 amide bonds. The van der Waals surface area contributed by atoms with E-state index in [1.54, 1.807) is 0 Å². The highest BCUT2D eigenvalue weighted by molar-refractivity contribution is 6.22. The van der Waals surface area contributed by atoms with Crippen LogP contribution < -0.4 is 9.80 Å². The molecule has 2 aliphatic carbocycles. The van der Waals surface area contributed by atoms with E-state index in [1.165, 1.54) is 76.8 Å². The van der Waals surface area contributed by atoms with Gasteiger partial charge in [0.05, 0.1) is 5.69 Å². The first-order chi connectivity index (χ1) is 30.3. The maximum absolute atomic E-state index is 2.51. The summed E-state index contributed by atoms with van der Waals surface area (Å²) < 4.78 is 0. The number of fused-ring (bicyclic) bond motifs is 11. The molecule has 0 fully saturated rings. The molecule has 0 radical (unpaired) electrons. The van der Waals surface area contributed by atoms with E-state index in [-0.39, 0.29) is 10.8 Å². The molecule has 0 saturated carbocycles. The van der Waals surface area contributed by atoms with Crippen molar-refractivity contribution in [1.29, 1.82) is 0 Å². The van der Waals surface area contributed by atoms with Crippen molar-refractivity contribution in [1.82, 2.24) is 0 Å². The Balaban J connectivity index is 1.15. The van der Waals surface area contributed by atoms with Gasteiger partial charge in [-0.3, -0.25) is 0 Å². The molecule has 2 nitrogen and oxygen atoms in total. The molecule has 296 valence electrons. The fraction of sp³-hybridized carbons (Fsp3) is 0.100. The van der Waals surface area contributed by atoms with Gasteiger partial charge >= 0.3 is 0 Å². The molecule has 62 heavy (non-hydrogen) atoms. The van der Waals surface area contributed by atoms with E-state index in [1.807, 2.05) is 0 Å². The van der Waals surface area contributed by atoms with Gasteiger partial charge in [0, 0.05) is 44.7 Å². The predicted octanol–water partition coefficient (Wildman–Crippen LogP) is 16.7. The van der Waals surface area contributed by atoms with Crippen molar-refractivity contribution in [3.63, 3.8) is 0 Å². The Bertz CT molecular complexity index is 3410. The fourth-order valence-electron chi connectivity index (χ4n) is 10.9. The van der Waals surface area contributed by atoms with E-state index < -0.39 is 0 Å². The van der Waals surface area contributed by atoms with E-state index in [4.69, 9.17) is 0 Å². The van der Waals surface area contributed by atoms with Gasteiger partial charge in [-0.25, -0.2) is 0 Å². The molecular weight excluding hydrogens is 749 g/mol. The Morgan fingerprint density at radius 2 is 0.774 bits per heavy atom. The minimum absolute atomic E-state index is 0.133. The van der Waals surface area contributed by atoms with Crippen LogP contribution in [0.3, 0.4) is 0 Å². The molecule has 0 aromatic heterocycles. The summed E-state index contributed by atoms with van der Waals surface area (Å²) in [4.78, 5) is 4.96. The molecule has 10 aromatic rings. The quantitative estimate of drug-likeness (QED) is 0.155. The van der Waals surface area contributed by atoms with Gasteiger partial charge < -0.3 is 9.80 Å². The van der Waals surface area contributed by atoms with Gasteiger partial charge in [-0.2, -0.15) is 0 Å². The van der Waals surface area contributed by atoms with Crippen LogP contribution in [0, 0.1) is 0 Å². The minimum Gasteiger partial charge on any atom is -0.310 e. The van der Waals surface area contributed by atoms with E-state index in [9.17, 15) is 0 Å². The molecule has 0 saturated heterocycles. The van der Waals surface area contributed by atoms with Gasteiger partial charge in [-0.15, -0.1) is 0 Å². The van der Waals surface area contributed by atoms with Crippen molar-refractivity contribution in [2.24, 2.45) is 0 Å². The molecule has 0 spiro atoms. The summed E-state index contributed by atoms with van der Waals surface area (Å²) in [5.41, 5.74) is 17.2. The van der Waals surface area contributed by atoms with Crippen LogP contribution in [-0.2, 0) is 10.8 Å². The second-order valence-electron chi connectivity index (χ2n) is 18.2. The molecule has 2 heteroatoms. The van der Waals surface area contributed by atoms with E-state index in [2.05, 4.69) is 244 Å². The van der Waals surface area contributed by atoms with Gasteiger partial charge in [0.25, 0.3) is 0 Å². The van der Waals surface area contributed by atoms with Gasteiger partial charge in [-0.1, -0.05) is 173 Å². The van der Waals surface area contributed by atoms with Crippen molar-refractivity contribution in [2.45, 2.75) is 38.5 Å². The molecule has 0 aliphatic heterocycles. The largest absolute Gasteiger partial charge is 0.310 e. The Morgan fingerprint density at radius 3 is 1.40 bits per heavy atom. The maximum atomic E-state index is 2.51. The van der Waals surface area contributed by atoms with Crippen LogP contribution in [0.1, 0.15) is 49.9 Å². The second kappa shape index (κ2) is 13.5. The lowest BCUT2D eigenvalue weighted by Gasteiger charge is -2.32. The van der Waals surface area contributed by atoms with Crippen molar-refractivity contribution in [3.05, 3.63) is 229 Å². The maximum Gasteiger partial charge on any atom is 0.0567 e. The average Bonchev–Trinajstić information content (AvgIpc) is 3.68. The number of benzene rings is 10. The molecule has 12 rings (SSSR count). The molecule has 0 N–H and O–H groups in total. The summed E-state index contributed by atoms with van der Waals surface area (Å²) >= 11 is 0. The molecule has 0 atom stereocenters. The second-order valence-corrected chi connectivity index (χ2v) is 18.2. The lowest BCUT2D eigenvalue weighted by atomic mass is 9.82. The number of anilines is 6. The van der Waals surface area contributed by atoms with Gasteiger partial charge in [0.1, 0.15) is 0 Å². The highest BCUT2D eigenvalue weighted by Gasteiger charge is 2.37. The van der Waals surface area contributed by atoms with E-state index in [0.29, 0.717) is 0 Å². The zero-order valence-corrected chi connectivity index (χ0v) is 35.5. The SMILES string of the molecule is CC1(C)c2ccccc2-c2ccc(N(c3ccccc3)c3cc(N(c4ccccc4)c4ccc5c(c4)C(C)(C)c4ccccc4-5)c4c(ccc5c6ccccc6ccc54)c3)cc21. The number of hydrogen-bond acceptors (Lipinski definition) is 2. The van der Waals surface area contributed by atoms with Crippen LogP contribution in [0.25, 0.3) is 54.6 Å². The predicted molar refractivity (Wildman–Crippen MR) is 263 cm³/mol. The highest BCUT2D eigenvalue weighted by Crippen LogP contribution is 2.54. The smallest absolute Gasteiger partial charge is 0.0567 e. The van der Waals surface area contributed by atoms with Gasteiger partial charge in [0.15, 0.2) is 0 Å². The Labute approximate surface area is 364 Å². The lowest BCUT2D eigenvalue weighted by Crippen LogP contribution is -2.18. The third-order valence-corrected chi connectivity index (χ3v) is 14.0. The van der Waals surface area contributed by atoms with Crippen molar-refractivity contribution < 1.29 is 0 Å². The van der Waals surface area contributed by atoms with Gasteiger partial charge in [0.2, 0.25) is 0 Å². The summed E-state index contributed by atoms with van der Waals surface area (Å²) in [7, 11) is 0. The summed E-state index contributed by atoms with van der Waals surface area (Å²) in [5, 5.41) is 7.41. The summed E-state index contributed by atoms with van der Waals surface area (Å²) in [5.74, 6) is 0. The summed E-state index contributed by atoms with van der Waals surface area (Å²) in [6.07, 6.45) is 0. The van der Waals surface area contributed by atoms with E-state index >= 15 is 0 Å². The first kappa shape index (κ1) is 36.4. The average molecular weight is 795 g/mol. The number of nitrogens with zero attached hydrogens (tertiary/aromatic N) is 2. The molecule has 0 unspecified atom stereocenters. The van der Waals surface area contributed by atoms with Gasteiger partial charge in [-0.05, 0) is 132 Å². The zero-order chi connectivity index (χ0) is 41.7. The van der Waals surface area contributed by atoms with E-state index in [0.717, 1.165) is 34.1 Å². The molecular formula is C60H46N2. The van der Waals surface area contributed by atoms with Crippen molar-refractivity contribution in [3.8, 4) is 22.3 Å². The third-order valence-electron chi connectivity index (χ3n) is 14.0. The third kappa shape index (κ3) is 5.36. The zero-order valence-electron chi connectivity index (χ0n) is 35.5. The topological polar surface area (TPSA) is 6.48 Å². The van der Waals surface area contributed by atoms with Crippen LogP contribution in [-0.4, -0.2) is 0 Å². The molecule has 0 heterocycles. The normalized spacial score (nSPS) is 14.1. The fourth-order valence-corrected chi connectivity index (χ4v) is 10.9. The highest BCUT2D eigenvalue weighted by atomic mass is 15.2. The summed E-state index contributed by atoms with van der Waals surface area (Å²) in [6, 6.07) is 76.8. The standard InChI is InChI=1S/C60H46N2/c1-59(2)53-25-15-13-23-48(53)50-33-29-43(36-55(50)59)61(41-18-7-5-8-19-41)45-35-40-28-31-47-46-22-12-11-17-39(46)27-32-52(47)58(40)57(38-45)62(42-20-9-6-10-21-42)44-30-34-51-49-24-14-16-26-54(49)60(3,4)56(51)37-44/h5-38H,1-4H3. The number of rotatable bonds is 6. The van der Waals surface area contributed by atoms with Crippen LogP contribution in [0.2, 0.25) is 0 Å². The lowest BCUT2D eigenvalue weighted by molar-refractivity contribution is 0.660. The summed E-state index contributed by atoms with van der Waals surface area (Å²) in [6.45, 7) is 9.48.